The van der Waals surface area contributed by atoms with Crippen molar-refractivity contribution in [3.63, 3.8) is 0 Å². The van der Waals surface area contributed by atoms with Gasteiger partial charge in [-0.3, -0.25) is 8.98 Å². The van der Waals surface area contributed by atoms with Gasteiger partial charge in [-0.1, -0.05) is 35.6 Å². The van der Waals surface area contributed by atoms with Crippen molar-refractivity contribution in [1.82, 2.24) is 9.99 Å². The summed E-state index contributed by atoms with van der Waals surface area (Å²) in [6.45, 7) is 6.34. The Balaban J connectivity index is 0.000000302. The predicted molar refractivity (Wildman–Crippen MR) is 127 cm³/mol. The standard InChI is InChI=1S/C16H22BrN3O2Si.C3H2F6O3S/c1-23(2,3)7-6-22-10-20-9-13-15(19-20)12-5-4-11(17)8-14(12)18-16(13)21;4-2(5,6)1-12-13(10,11)3(7,8)9/h4-5,8,19H,6-7,9-10H2,1-3H3,(H,18,21);1H2. The Kier molecular flexibility index (Phi) is 9.66. The van der Waals surface area contributed by atoms with Gasteiger partial charge in [0, 0.05) is 24.5 Å². The number of alkyl halides is 6. The lowest BCUT2D eigenvalue weighted by atomic mass is 10.1. The van der Waals surface area contributed by atoms with Crippen LogP contribution in [-0.4, -0.2) is 58.1 Å². The zero-order valence-corrected chi connectivity index (χ0v) is 22.7. The topological polar surface area (TPSA) is 101 Å². The van der Waals surface area contributed by atoms with Crippen molar-refractivity contribution in [3.05, 3.63) is 38.6 Å². The molecule has 1 aliphatic rings. The Morgan fingerprint density at radius 3 is 2.33 bits per heavy atom. The second-order valence-electron chi connectivity index (χ2n) is 8.93. The Morgan fingerprint density at radius 2 is 1.78 bits per heavy atom. The number of fused-ring (bicyclic) bond motifs is 3. The summed E-state index contributed by atoms with van der Waals surface area (Å²) < 4.78 is 96.7. The second kappa shape index (κ2) is 11.4. The number of aromatic amines is 1. The molecule has 1 aromatic heterocycles. The number of nitrogens with one attached hydrogen (secondary N) is 2. The molecule has 2 N–H and O–H groups in total. The van der Waals surface area contributed by atoms with Crippen molar-refractivity contribution in [2.24, 2.45) is 0 Å². The Labute approximate surface area is 212 Å². The van der Waals surface area contributed by atoms with Crippen LogP contribution < -0.4 is 11.0 Å². The van der Waals surface area contributed by atoms with Crippen LogP contribution in [0, 0.1) is 0 Å². The molecule has 2 heterocycles. The number of anilines is 1. The molecular weight excluding hydrogens is 604 g/mol. The molecule has 0 saturated heterocycles. The normalized spacial score (nSPS) is 14.8. The summed E-state index contributed by atoms with van der Waals surface area (Å²) in [6.07, 6.45) is -5.13. The minimum Gasteiger partial charge on any atom is -0.365 e. The summed E-state index contributed by atoms with van der Waals surface area (Å²) in [5.74, 6) is 0. The highest BCUT2D eigenvalue weighted by molar-refractivity contribution is 9.10. The first-order chi connectivity index (χ1) is 16.3. The van der Waals surface area contributed by atoms with Gasteiger partial charge in [0.15, 0.2) is 6.61 Å². The van der Waals surface area contributed by atoms with Crippen LogP contribution >= 0.6 is 15.9 Å². The van der Waals surface area contributed by atoms with Crippen LogP contribution in [0.2, 0.25) is 25.7 Å². The Hall–Kier alpha value is -1.66. The van der Waals surface area contributed by atoms with E-state index in [2.05, 4.69) is 50.2 Å². The van der Waals surface area contributed by atoms with E-state index < -0.39 is 36.5 Å². The van der Waals surface area contributed by atoms with Crippen LogP contribution in [0.25, 0.3) is 10.9 Å². The first-order valence-electron chi connectivity index (χ1n) is 10.3. The highest BCUT2D eigenvalue weighted by atomic mass is 79.9. The highest BCUT2D eigenvalue weighted by Gasteiger charge is 2.49. The number of hydrogen-bond donors (Lipinski definition) is 2. The fourth-order valence-electron chi connectivity index (χ4n) is 2.82. The van der Waals surface area contributed by atoms with Gasteiger partial charge in [0.2, 0.25) is 0 Å². The monoisotopic (exact) mass is 627 g/mol. The first kappa shape index (κ1) is 30.6. The van der Waals surface area contributed by atoms with Crippen LogP contribution in [0.1, 0.15) is 5.56 Å². The summed E-state index contributed by atoms with van der Waals surface area (Å²) in [5.41, 5.74) is -0.0584. The number of rotatable bonds is 7. The second-order valence-corrected chi connectivity index (χ2v) is 17.1. The quantitative estimate of drug-likeness (QED) is 0.144. The molecule has 2 aromatic rings. The van der Waals surface area contributed by atoms with E-state index in [-0.39, 0.29) is 5.56 Å². The number of aromatic nitrogens is 1. The van der Waals surface area contributed by atoms with Gasteiger partial charge in [-0.2, -0.15) is 39.8 Å². The van der Waals surface area contributed by atoms with Gasteiger partial charge in [-0.15, -0.1) is 0 Å². The minimum atomic E-state index is -6.15. The first-order valence-corrected chi connectivity index (χ1v) is 16.2. The maximum absolute atomic E-state index is 12.3. The molecular formula is C19H24BrF6N3O5SSi. The molecule has 0 aliphatic carbocycles. The van der Waals surface area contributed by atoms with E-state index in [9.17, 15) is 39.6 Å². The van der Waals surface area contributed by atoms with Crippen molar-refractivity contribution in [1.29, 1.82) is 0 Å². The summed E-state index contributed by atoms with van der Waals surface area (Å²) >= 11 is 3.44. The smallest absolute Gasteiger partial charge is 0.365 e. The van der Waals surface area contributed by atoms with Crippen LogP contribution in [0.5, 0.6) is 0 Å². The van der Waals surface area contributed by atoms with Crippen molar-refractivity contribution < 1.29 is 43.7 Å². The summed E-state index contributed by atoms with van der Waals surface area (Å²) in [4.78, 5) is 15.2. The van der Waals surface area contributed by atoms with E-state index in [0.717, 1.165) is 39.3 Å². The summed E-state index contributed by atoms with van der Waals surface area (Å²) in [6, 6.07) is 7.06. The van der Waals surface area contributed by atoms with Crippen molar-refractivity contribution in [2.75, 3.05) is 25.4 Å². The molecule has 0 spiro atoms. The fourth-order valence-corrected chi connectivity index (χ4v) is 4.36. The SMILES string of the molecule is C[Si](C)(C)CCOCN1Cc2c(c3ccc(Br)cc3[nH]c2=O)N1.O=S(=O)(OCC(F)(F)F)C(F)(F)F. The Morgan fingerprint density at radius 1 is 1.14 bits per heavy atom. The van der Waals surface area contributed by atoms with E-state index >= 15 is 0 Å². The molecule has 0 amide bonds. The van der Waals surface area contributed by atoms with Gasteiger partial charge < -0.3 is 15.1 Å². The van der Waals surface area contributed by atoms with Gasteiger partial charge in [0.05, 0.1) is 23.3 Å². The maximum Gasteiger partial charge on any atom is 0.523 e. The number of ether oxygens (including phenoxy) is 1. The third kappa shape index (κ3) is 9.02. The van der Waals surface area contributed by atoms with Crippen LogP contribution in [0.3, 0.4) is 0 Å². The van der Waals surface area contributed by atoms with Gasteiger partial charge in [-0.25, -0.2) is 0 Å². The number of hydrogen-bond acceptors (Lipinski definition) is 7. The lowest BCUT2D eigenvalue weighted by Crippen LogP contribution is -2.29. The molecule has 1 aromatic carbocycles. The molecule has 3 rings (SSSR count). The molecule has 0 unspecified atom stereocenters. The molecule has 8 nitrogen and oxygen atoms in total. The molecule has 1 aliphatic heterocycles. The fraction of sp³-hybridized carbons (Fsp3) is 0.526. The molecule has 0 saturated carbocycles. The maximum atomic E-state index is 12.3. The molecule has 0 atom stereocenters. The number of benzene rings is 1. The number of halogens is 7. The third-order valence-electron chi connectivity index (χ3n) is 4.60. The van der Waals surface area contributed by atoms with Crippen LogP contribution in [0.15, 0.2) is 27.5 Å². The zero-order chi connectivity index (χ0) is 27.5. The van der Waals surface area contributed by atoms with Gasteiger partial charge in [0.1, 0.15) is 6.73 Å². The molecule has 0 radical (unpaired) electrons. The molecule has 17 heteroatoms. The number of hydrazine groups is 1. The number of pyridine rings is 1. The number of H-pyrrole nitrogens is 1. The van der Waals surface area contributed by atoms with E-state index in [1.54, 1.807) is 0 Å². The van der Waals surface area contributed by atoms with Gasteiger partial charge in [0.25, 0.3) is 5.56 Å². The lowest BCUT2D eigenvalue weighted by molar-refractivity contribution is -0.156. The average Bonchev–Trinajstić information content (AvgIpc) is 3.13. The lowest BCUT2D eigenvalue weighted by Gasteiger charge is -2.19. The van der Waals surface area contributed by atoms with Crippen molar-refractivity contribution >= 4 is 50.7 Å². The zero-order valence-electron chi connectivity index (χ0n) is 19.3. The average molecular weight is 628 g/mol. The van der Waals surface area contributed by atoms with Crippen LogP contribution in [-0.2, 0) is 25.6 Å². The molecule has 0 fully saturated rings. The van der Waals surface area contributed by atoms with Crippen molar-refractivity contribution in [3.8, 4) is 0 Å². The third-order valence-corrected chi connectivity index (χ3v) is 7.79. The van der Waals surface area contributed by atoms with Crippen molar-refractivity contribution in [2.45, 2.75) is 43.9 Å². The van der Waals surface area contributed by atoms with E-state index in [0.29, 0.717) is 13.3 Å². The molecule has 36 heavy (non-hydrogen) atoms. The van der Waals surface area contributed by atoms with E-state index in [1.807, 2.05) is 23.2 Å². The summed E-state index contributed by atoms with van der Waals surface area (Å²) in [5, 5.41) is 2.97. The predicted octanol–water partition coefficient (Wildman–Crippen LogP) is 5.16. The molecule has 204 valence electrons. The molecule has 0 bridgehead atoms. The van der Waals surface area contributed by atoms with E-state index in [4.69, 9.17) is 4.74 Å². The van der Waals surface area contributed by atoms with Crippen LogP contribution in [0.4, 0.5) is 32.0 Å². The van der Waals surface area contributed by atoms with Gasteiger partial charge in [-0.05, 0) is 24.2 Å². The van der Waals surface area contributed by atoms with Gasteiger partial charge >= 0.3 is 21.8 Å². The Bertz CT molecular complexity index is 1230. The number of nitrogens with zero attached hydrogens (tertiary/aromatic N) is 1. The highest BCUT2D eigenvalue weighted by Crippen LogP contribution is 2.31. The minimum absolute atomic E-state index is 0.0392. The largest absolute Gasteiger partial charge is 0.523 e. The summed E-state index contributed by atoms with van der Waals surface area (Å²) in [7, 11) is -7.22. The van der Waals surface area contributed by atoms with E-state index in [1.165, 1.54) is 0 Å².